The lowest BCUT2D eigenvalue weighted by Crippen LogP contribution is -2.48. The van der Waals surface area contributed by atoms with Crippen LogP contribution in [0.15, 0.2) is 36.4 Å². The van der Waals surface area contributed by atoms with E-state index in [0.717, 1.165) is 0 Å². The van der Waals surface area contributed by atoms with Gasteiger partial charge in [0.2, 0.25) is 5.91 Å². The molecule has 0 saturated heterocycles. The molecular weight excluding hydrogens is 301 g/mol. The molecule has 23 heavy (non-hydrogen) atoms. The molecule has 1 aromatic rings. The summed E-state index contributed by atoms with van der Waals surface area (Å²) in [6.45, 7) is 0. The van der Waals surface area contributed by atoms with Crippen LogP contribution in [0.2, 0.25) is 0 Å². The Labute approximate surface area is 133 Å². The normalized spacial score (nSPS) is 20.8. The fraction of sp³-hybridized carbons (Fsp3) is 0.333. The number of aliphatic carboxylic acids is 1. The first-order valence-corrected chi connectivity index (χ1v) is 7.23. The fourth-order valence-corrected chi connectivity index (χ4v) is 2.34. The lowest BCUT2D eigenvalue weighted by Gasteiger charge is -2.20. The van der Waals surface area contributed by atoms with Gasteiger partial charge in [-0.25, -0.2) is 0 Å². The minimum Gasteiger partial charge on any atom is -0.508 e. The van der Waals surface area contributed by atoms with E-state index in [0.29, 0.717) is 12.0 Å². The maximum atomic E-state index is 12.0. The molecule has 0 saturated carbocycles. The molecule has 1 amide bonds. The number of carbonyl (C=O) groups excluding carboxylic acids is 1. The number of carboxylic acids is 1. The van der Waals surface area contributed by atoms with Crippen LogP contribution in [-0.4, -0.2) is 46.3 Å². The highest BCUT2D eigenvalue weighted by Gasteiger charge is 2.32. The Morgan fingerprint density at radius 2 is 2.17 bits per heavy atom. The SMILES string of the molecule is O=C(O)CC1C=CCC(NC(=O)Cc2cccc(O)c2)B(O)O1. The number of amides is 1. The second kappa shape index (κ2) is 7.80. The third kappa shape index (κ3) is 5.43. The third-order valence-corrected chi connectivity index (χ3v) is 3.40. The molecule has 0 spiro atoms. The van der Waals surface area contributed by atoms with Crippen LogP contribution in [0.5, 0.6) is 5.75 Å². The molecule has 1 aliphatic rings. The highest BCUT2D eigenvalue weighted by molar-refractivity contribution is 6.45. The third-order valence-electron chi connectivity index (χ3n) is 3.40. The molecule has 2 atom stereocenters. The van der Waals surface area contributed by atoms with Crippen LogP contribution >= 0.6 is 0 Å². The van der Waals surface area contributed by atoms with Gasteiger partial charge in [0.25, 0.3) is 0 Å². The van der Waals surface area contributed by atoms with E-state index in [2.05, 4.69) is 5.32 Å². The summed E-state index contributed by atoms with van der Waals surface area (Å²) in [5.74, 6) is -1.94. The van der Waals surface area contributed by atoms with Crippen LogP contribution in [-0.2, 0) is 20.7 Å². The number of hydrogen-bond acceptors (Lipinski definition) is 5. The summed E-state index contributed by atoms with van der Waals surface area (Å²) in [6, 6.07) is 6.35. The molecule has 7 nitrogen and oxygen atoms in total. The maximum Gasteiger partial charge on any atom is 0.478 e. The van der Waals surface area contributed by atoms with Gasteiger partial charge in [0.1, 0.15) is 5.75 Å². The summed E-state index contributed by atoms with van der Waals surface area (Å²) in [5.41, 5.74) is 0.644. The summed E-state index contributed by atoms with van der Waals surface area (Å²) in [5, 5.41) is 30.8. The van der Waals surface area contributed by atoms with E-state index < -0.39 is 25.1 Å². The Morgan fingerprint density at radius 1 is 1.39 bits per heavy atom. The summed E-state index contributed by atoms with van der Waals surface area (Å²) in [7, 11) is -1.29. The van der Waals surface area contributed by atoms with Crippen LogP contribution < -0.4 is 5.32 Å². The van der Waals surface area contributed by atoms with Gasteiger partial charge in [-0.15, -0.1) is 0 Å². The van der Waals surface area contributed by atoms with Gasteiger partial charge in [-0.2, -0.15) is 0 Å². The Morgan fingerprint density at radius 3 is 2.87 bits per heavy atom. The summed E-state index contributed by atoms with van der Waals surface area (Å²) in [4.78, 5) is 22.7. The molecule has 0 aromatic heterocycles. The number of phenolic OH excluding ortho intramolecular Hbond substituents is 1. The maximum absolute atomic E-state index is 12.0. The van der Waals surface area contributed by atoms with Gasteiger partial charge in [0.15, 0.2) is 0 Å². The molecule has 0 bridgehead atoms. The molecule has 0 aliphatic carbocycles. The number of benzene rings is 1. The van der Waals surface area contributed by atoms with Crippen molar-refractivity contribution < 1.29 is 29.5 Å². The monoisotopic (exact) mass is 319 g/mol. The van der Waals surface area contributed by atoms with E-state index in [1.54, 1.807) is 24.3 Å². The predicted octanol–water partition coefficient (Wildman–Crippen LogP) is 0.259. The van der Waals surface area contributed by atoms with Crippen LogP contribution in [0.1, 0.15) is 18.4 Å². The largest absolute Gasteiger partial charge is 0.508 e. The van der Waals surface area contributed by atoms with Crippen molar-refractivity contribution in [3.05, 3.63) is 42.0 Å². The van der Waals surface area contributed by atoms with Gasteiger partial charge in [-0.3, -0.25) is 9.59 Å². The van der Waals surface area contributed by atoms with Crippen molar-refractivity contribution in [1.82, 2.24) is 5.32 Å². The van der Waals surface area contributed by atoms with E-state index in [-0.39, 0.29) is 24.5 Å². The smallest absolute Gasteiger partial charge is 0.478 e. The highest BCUT2D eigenvalue weighted by Crippen LogP contribution is 2.14. The first-order chi connectivity index (χ1) is 10.9. The topological polar surface area (TPSA) is 116 Å². The van der Waals surface area contributed by atoms with Gasteiger partial charge in [0, 0.05) is 0 Å². The van der Waals surface area contributed by atoms with Gasteiger partial charge in [-0.1, -0.05) is 24.3 Å². The molecule has 1 aromatic carbocycles. The predicted molar refractivity (Wildman–Crippen MR) is 82.6 cm³/mol. The van der Waals surface area contributed by atoms with E-state index in [4.69, 9.17) is 9.76 Å². The van der Waals surface area contributed by atoms with E-state index >= 15 is 0 Å². The average Bonchev–Trinajstić information content (AvgIpc) is 2.60. The van der Waals surface area contributed by atoms with E-state index in [9.17, 15) is 19.7 Å². The molecule has 2 unspecified atom stereocenters. The first-order valence-electron chi connectivity index (χ1n) is 7.23. The van der Waals surface area contributed by atoms with Crippen LogP contribution in [0.4, 0.5) is 0 Å². The molecule has 2 rings (SSSR count). The molecule has 0 fully saturated rings. The summed E-state index contributed by atoms with van der Waals surface area (Å²) in [6.07, 6.45) is 2.66. The van der Waals surface area contributed by atoms with Crippen LogP contribution in [0, 0.1) is 0 Å². The van der Waals surface area contributed by atoms with E-state index in [1.165, 1.54) is 12.1 Å². The quantitative estimate of drug-likeness (QED) is 0.457. The van der Waals surface area contributed by atoms with Gasteiger partial charge in [0.05, 0.1) is 24.9 Å². The molecule has 0 radical (unpaired) electrons. The number of rotatable bonds is 5. The summed E-state index contributed by atoms with van der Waals surface area (Å²) < 4.78 is 5.24. The Bertz CT molecular complexity index is 605. The number of aromatic hydroxyl groups is 1. The van der Waals surface area contributed by atoms with Crippen molar-refractivity contribution in [3.8, 4) is 5.75 Å². The fourth-order valence-electron chi connectivity index (χ4n) is 2.34. The molecule has 1 heterocycles. The minimum atomic E-state index is -1.29. The zero-order valence-electron chi connectivity index (χ0n) is 12.4. The van der Waals surface area contributed by atoms with Gasteiger partial charge < -0.3 is 25.2 Å². The van der Waals surface area contributed by atoms with Crippen LogP contribution in [0.3, 0.4) is 0 Å². The number of nitrogens with one attached hydrogen (secondary N) is 1. The van der Waals surface area contributed by atoms with Gasteiger partial charge in [-0.05, 0) is 24.1 Å². The van der Waals surface area contributed by atoms with Crippen molar-refractivity contribution in [2.45, 2.75) is 31.3 Å². The van der Waals surface area contributed by atoms with Crippen molar-refractivity contribution >= 4 is 19.0 Å². The molecule has 8 heteroatoms. The van der Waals surface area contributed by atoms with Crippen molar-refractivity contribution in [2.24, 2.45) is 0 Å². The Balaban J connectivity index is 1.90. The lowest BCUT2D eigenvalue weighted by atomic mass is 9.77. The molecule has 122 valence electrons. The molecule has 4 N–H and O–H groups in total. The molecular formula is C15H18BNO6. The number of hydrogen-bond donors (Lipinski definition) is 4. The van der Waals surface area contributed by atoms with E-state index in [1.807, 2.05) is 0 Å². The zero-order valence-corrected chi connectivity index (χ0v) is 12.4. The van der Waals surface area contributed by atoms with Crippen molar-refractivity contribution in [2.75, 3.05) is 0 Å². The number of carboxylic acid groups (broad SMARTS) is 1. The van der Waals surface area contributed by atoms with Crippen molar-refractivity contribution in [3.63, 3.8) is 0 Å². The first kappa shape index (κ1) is 17.0. The second-order valence-electron chi connectivity index (χ2n) is 5.35. The lowest BCUT2D eigenvalue weighted by molar-refractivity contribution is -0.138. The zero-order chi connectivity index (χ0) is 16.8. The van der Waals surface area contributed by atoms with Crippen LogP contribution in [0.25, 0.3) is 0 Å². The number of phenols is 1. The Hall–Kier alpha value is -2.32. The van der Waals surface area contributed by atoms with Gasteiger partial charge >= 0.3 is 13.1 Å². The summed E-state index contributed by atoms with van der Waals surface area (Å²) >= 11 is 0. The minimum absolute atomic E-state index is 0.0554. The molecule has 1 aliphatic heterocycles. The standard InChI is InChI=1S/C15H18BNO6/c18-11-4-1-3-10(7-11)8-14(19)17-13-6-2-5-12(9-15(20)21)23-16(13)22/h1-5,7,12-13,18,22H,6,8-9H2,(H,17,19)(H,20,21). The highest BCUT2D eigenvalue weighted by atomic mass is 16.5. The Kier molecular flexibility index (Phi) is 5.78. The second-order valence-corrected chi connectivity index (χ2v) is 5.35. The average molecular weight is 319 g/mol. The van der Waals surface area contributed by atoms with Crippen molar-refractivity contribution in [1.29, 1.82) is 0 Å². The number of carbonyl (C=O) groups is 2.